The van der Waals surface area contributed by atoms with E-state index in [4.69, 9.17) is 0 Å². The highest BCUT2D eigenvalue weighted by Gasteiger charge is 2.13. The molecule has 3 aromatic rings. The number of fused-ring (bicyclic) bond motifs is 1. The minimum atomic E-state index is -0.606. The Morgan fingerprint density at radius 3 is 2.33 bits per heavy atom. The molecule has 0 aliphatic heterocycles. The van der Waals surface area contributed by atoms with E-state index in [0.29, 0.717) is 17.9 Å². The molecular formula is C22H24O2. The number of hydrogen-bond donors (Lipinski definition) is 2. The molecule has 2 atom stereocenters. The lowest BCUT2D eigenvalue weighted by Crippen LogP contribution is -2.04. The first kappa shape index (κ1) is 16.5. The average Bonchev–Trinajstić information content (AvgIpc) is 2.60. The highest BCUT2D eigenvalue weighted by Crippen LogP contribution is 2.28. The summed E-state index contributed by atoms with van der Waals surface area (Å²) in [4.78, 5) is 0. The van der Waals surface area contributed by atoms with Gasteiger partial charge in [-0.2, -0.15) is 0 Å². The van der Waals surface area contributed by atoms with Crippen molar-refractivity contribution < 1.29 is 10.2 Å². The van der Waals surface area contributed by atoms with Crippen LogP contribution >= 0.6 is 0 Å². The Morgan fingerprint density at radius 2 is 1.54 bits per heavy atom. The highest BCUT2D eigenvalue weighted by molar-refractivity contribution is 5.82. The third-order valence-corrected chi connectivity index (χ3v) is 4.63. The first-order chi connectivity index (χ1) is 11.6. The quantitative estimate of drug-likeness (QED) is 0.652. The second-order valence-corrected chi connectivity index (χ2v) is 6.64. The normalized spacial score (nSPS) is 13.8. The molecule has 0 spiro atoms. The summed E-state index contributed by atoms with van der Waals surface area (Å²) in [6.07, 6.45) is 1.97. The second kappa shape index (κ2) is 7.50. The van der Waals surface area contributed by atoms with Gasteiger partial charge in [0.2, 0.25) is 0 Å². The van der Waals surface area contributed by atoms with E-state index in [1.165, 1.54) is 16.3 Å². The van der Waals surface area contributed by atoms with Crippen LogP contribution in [0.3, 0.4) is 0 Å². The Bertz CT molecular complexity index is 810. The van der Waals surface area contributed by atoms with Crippen molar-refractivity contribution in [2.24, 2.45) is 5.92 Å². The van der Waals surface area contributed by atoms with Crippen molar-refractivity contribution in [3.63, 3.8) is 0 Å². The molecule has 24 heavy (non-hydrogen) atoms. The van der Waals surface area contributed by atoms with Crippen LogP contribution in [0.4, 0.5) is 0 Å². The van der Waals surface area contributed by atoms with E-state index in [9.17, 15) is 10.2 Å². The van der Waals surface area contributed by atoms with Crippen LogP contribution in [0.25, 0.3) is 10.8 Å². The Balaban J connectivity index is 1.58. The summed E-state index contributed by atoms with van der Waals surface area (Å²) in [6, 6.07) is 22.0. The highest BCUT2D eigenvalue weighted by atomic mass is 16.3. The zero-order chi connectivity index (χ0) is 16.9. The van der Waals surface area contributed by atoms with E-state index in [1.54, 1.807) is 18.2 Å². The monoisotopic (exact) mass is 320 g/mol. The molecule has 2 unspecified atom stereocenters. The third-order valence-electron chi connectivity index (χ3n) is 4.63. The molecule has 0 heterocycles. The average molecular weight is 320 g/mol. The van der Waals surface area contributed by atoms with Gasteiger partial charge in [0.15, 0.2) is 0 Å². The molecule has 0 saturated heterocycles. The van der Waals surface area contributed by atoms with Crippen LogP contribution in [0, 0.1) is 5.92 Å². The molecule has 3 aromatic carbocycles. The summed E-state index contributed by atoms with van der Waals surface area (Å²) in [5, 5.41) is 22.7. The number of aliphatic hydroxyl groups is 1. The lowest BCUT2D eigenvalue weighted by atomic mass is 9.92. The molecule has 2 heteroatoms. The van der Waals surface area contributed by atoms with Crippen molar-refractivity contribution in [1.29, 1.82) is 0 Å². The van der Waals surface area contributed by atoms with Crippen molar-refractivity contribution in [3.8, 4) is 5.75 Å². The molecule has 2 N–H and O–H groups in total. The molecule has 0 bridgehead atoms. The van der Waals surface area contributed by atoms with E-state index in [0.717, 1.165) is 12.8 Å². The van der Waals surface area contributed by atoms with Crippen LogP contribution < -0.4 is 0 Å². The van der Waals surface area contributed by atoms with Gasteiger partial charge in [-0.3, -0.25) is 0 Å². The first-order valence-electron chi connectivity index (χ1n) is 8.57. The van der Waals surface area contributed by atoms with Crippen LogP contribution in [-0.2, 0) is 6.42 Å². The number of phenolic OH excluding ortho intramolecular Hbond substituents is 1. The number of phenols is 1. The maximum atomic E-state index is 10.3. The maximum absolute atomic E-state index is 10.3. The summed E-state index contributed by atoms with van der Waals surface area (Å²) in [5.74, 6) is 0.652. The molecule has 2 nitrogen and oxygen atoms in total. The van der Waals surface area contributed by atoms with Gasteiger partial charge in [-0.25, -0.2) is 0 Å². The Labute approximate surface area is 143 Å². The van der Waals surface area contributed by atoms with Gasteiger partial charge < -0.3 is 10.2 Å². The van der Waals surface area contributed by atoms with Gasteiger partial charge in [0.05, 0.1) is 6.10 Å². The second-order valence-electron chi connectivity index (χ2n) is 6.64. The molecule has 0 amide bonds. The summed E-state index contributed by atoms with van der Waals surface area (Å²) < 4.78 is 0. The molecule has 0 radical (unpaired) electrons. The Morgan fingerprint density at radius 1 is 0.833 bits per heavy atom. The number of hydrogen-bond acceptors (Lipinski definition) is 2. The van der Waals surface area contributed by atoms with Crippen LogP contribution in [0.15, 0.2) is 66.7 Å². The van der Waals surface area contributed by atoms with E-state index >= 15 is 0 Å². The van der Waals surface area contributed by atoms with Gasteiger partial charge in [-0.1, -0.05) is 67.6 Å². The predicted octanol–water partition coefficient (Wildman–Crippen LogP) is 5.24. The fourth-order valence-electron chi connectivity index (χ4n) is 3.24. The van der Waals surface area contributed by atoms with Gasteiger partial charge in [-0.05, 0) is 47.6 Å². The third kappa shape index (κ3) is 3.95. The maximum Gasteiger partial charge on any atom is 0.121 e. The fraction of sp³-hybridized carbons (Fsp3) is 0.273. The summed E-state index contributed by atoms with van der Waals surface area (Å²) in [7, 11) is 0. The molecular weight excluding hydrogens is 296 g/mol. The van der Waals surface area contributed by atoms with E-state index < -0.39 is 6.10 Å². The lowest BCUT2D eigenvalue weighted by molar-refractivity contribution is 0.154. The largest absolute Gasteiger partial charge is 0.508 e. The SMILES string of the molecule is CC(CCC(O)c1ccccc1O)Cc1ccc2ccccc2c1. The van der Waals surface area contributed by atoms with Gasteiger partial charge in [0.1, 0.15) is 5.75 Å². The molecule has 0 saturated carbocycles. The van der Waals surface area contributed by atoms with Crippen molar-refractivity contribution in [1.82, 2.24) is 0 Å². The van der Waals surface area contributed by atoms with E-state index in [-0.39, 0.29) is 5.75 Å². The van der Waals surface area contributed by atoms with Gasteiger partial charge in [-0.15, -0.1) is 0 Å². The van der Waals surface area contributed by atoms with Crippen molar-refractivity contribution in [2.45, 2.75) is 32.3 Å². The molecule has 0 fully saturated rings. The summed E-state index contributed by atoms with van der Waals surface area (Å²) in [5.41, 5.74) is 1.95. The first-order valence-corrected chi connectivity index (χ1v) is 8.57. The van der Waals surface area contributed by atoms with Crippen LogP contribution in [-0.4, -0.2) is 10.2 Å². The van der Waals surface area contributed by atoms with Crippen LogP contribution in [0.5, 0.6) is 5.75 Å². The van der Waals surface area contributed by atoms with Crippen molar-refractivity contribution >= 4 is 10.8 Å². The Kier molecular flexibility index (Phi) is 5.17. The number of aromatic hydroxyl groups is 1. The van der Waals surface area contributed by atoms with Crippen LogP contribution in [0.2, 0.25) is 0 Å². The molecule has 3 rings (SSSR count). The predicted molar refractivity (Wildman–Crippen MR) is 99.1 cm³/mol. The van der Waals surface area contributed by atoms with E-state index in [1.807, 2.05) is 6.07 Å². The standard InChI is InChI=1S/C22H24O2/c1-16(10-13-22(24)20-8-4-5-9-21(20)23)14-17-11-12-18-6-2-3-7-19(18)15-17/h2-9,11-12,15-16,22-24H,10,13-14H2,1H3. The van der Waals surface area contributed by atoms with Gasteiger partial charge in [0.25, 0.3) is 0 Å². The number of benzene rings is 3. The minimum absolute atomic E-state index is 0.173. The smallest absolute Gasteiger partial charge is 0.121 e. The summed E-state index contributed by atoms with van der Waals surface area (Å²) in [6.45, 7) is 2.22. The van der Waals surface area contributed by atoms with Gasteiger partial charge in [0, 0.05) is 5.56 Å². The molecule has 0 aliphatic rings. The summed E-state index contributed by atoms with van der Waals surface area (Å²) >= 11 is 0. The number of para-hydroxylation sites is 1. The Hall–Kier alpha value is -2.32. The molecule has 0 aromatic heterocycles. The molecule has 124 valence electrons. The minimum Gasteiger partial charge on any atom is -0.508 e. The zero-order valence-electron chi connectivity index (χ0n) is 14.0. The van der Waals surface area contributed by atoms with Crippen molar-refractivity contribution in [3.05, 3.63) is 77.9 Å². The van der Waals surface area contributed by atoms with Crippen LogP contribution in [0.1, 0.15) is 37.0 Å². The fourth-order valence-corrected chi connectivity index (χ4v) is 3.24. The zero-order valence-corrected chi connectivity index (χ0v) is 14.0. The topological polar surface area (TPSA) is 40.5 Å². The lowest BCUT2D eigenvalue weighted by Gasteiger charge is -2.16. The number of aliphatic hydroxyl groups excluding tert-OH is 1. The number of rotatable bonds is 6. The van der Waals surface area contributed by atoms with E-state index in [2.05, 4.69) is 49.4 Å². The molecule has 0 aliphatic carbocycles. The van der Waals surface area contributed by atoms with Gasteiger partial charge >= 0.3 is 0 Å². The van der Waals surface area contributed by atoms with Crippen molar-refractivity contribution in [2.75, 3.05) is 0 Å².